The van der Waals surface area contributed by atoms with Crippen molar-refractivity contribution in [1.82, 2.24) is 9.71 Å². The first-order valence-electron chi connectivity index (χ1n) is 5.45. The van der Waals surface area contributed by atoms with Gasteiger partial charge in [-0.05, 0) is 43.0 Å². The maximum absolute atomic E-state index is 11.9. The molecule has 0 saturated carbocycles. The zero-order valence-electron chi connectivity index (χ0n) is 10.2. The summed E-state index contributed by atoms with van der Waals surface area (Å²) in [7, 11) is -3.39. The predicted molar refractivity (Wildman–Crippen MR) is 72.1 cm³/mol. The van der Waals surface area contributed by atoms with Crippen molar-refractivity contribution >= 4 is 21.4 Å². The minimum absolute atomic E-state index is 0.282. The Hall–Kier alpha value is -1.24. The third-order valence-corrected chi connectivity index (χ3v) is 5.17. The number of nitrogens with zero attached hydrogens (tertiary/aromatic N) is 1. The first kappa shape index (κ1) is 13.2. The zero-order chi connectivity index (χ0) is 13.2. The van der Waals surface area contributed by atoms with E-state index in [-0.39, 0.29) is 6.54 Å². The molecule has 0 aromatic carbocycles. The van der Waals surface area contributed by atoms with Crippen LogP contribution in [0.25, 0.3) is 0 Å². The number of aromatic nitrogens is 1. The summed E-state index contributed by atoms with van der Waals surface area (Å²) in [6, 6.07) is 7.07. The molecule has 0 spiro atoms. The summed E-state index contributed by atoms with van der Waals surface area (Å²) in [6.07, 6.45) is 0. The number of nitrogens with one attached hydrogen (secondary N) is 1. The van der Waals surface area contributed by atoms with Crippen molar-refractivity contribution in [2.24, 2.45) is 0 Å². The van der Waals surface area contributed by atoms with Crippen LogP contribution in [0.1, 0.15) is 17.0 Å². The second kappa shape index (κ2) is 5.17. The number of thiophene rings is 1. The van der Waals surface area contributed by atoms with Crippen LogP contribution in [-0.4, -0.2) is 13.4 Å². The highest BCUT2D eigenvalue weighted by Gasteiger charge is 2.14. The van der Waals surface area contributed by atoms with Gasteiger partial charge in [0.05, 0.1) is 0 Å². The largest absolute Gasteiger partial charge is 0.258 e. The van der Waals surface area contributed by atoms with Gasteiger partial charge in [-0.2, -0.15) is 0 Å². The maximum Gasteiger partial charge on any atom is 0.250 e. The highest BCUT2D eigenvalue weighted by molar-refractivity contribution is 7.91. The van der Waals surface area contributed by atoms with Crippen LogP contribution in [0.5, 0.6) is 0 Å². The minimum Gasteiger partial charge on any atom is -0.258 e. The van der Waals surface area contributed by atoms with Crippen molar-refractivity contribution in [1.29, 1.82) is 0 Å². The normalized spacial score (nSPS) is 11.7. The van der Waals surface area contributed by atoms with Crippen molar-refractivity contribution in [2.45, 2.75) is 24.6 Å². The first-order valence-corrected chi connectivity index (χ1v) is 7.81. The Labute approximate surface area is 111 Å². The molecular weight excluding hydrogens is 268 g/mol. The van der Waals surface area contributed by atoms with Gasteiger partial charge in [0.2, 0.25) is 10.0 Å². The van der Waals surface area contributed by atoms with Gasteiger partial charge in [0.1, 0.15) is 4.21 Å². The molecule has 1 N–H and O–H groups in total. The van der Waals surface area contributed by atoms with Crippen LogP contribution >= 0.6 is 11.3 Å². The average molecular weight is 282 g/mol. The van der Waals surface area contributed by atoms with Crippen molar-refractivity contribution in [3.05, 3.63) is 46.6 Å². The molecule has 0 aliphatic carbocycles. The third-order valence-electron chi connectivity index (χ3n) is 2.37. The lowest BCUT2D eigenvalue weighted by Gasteiger charge is -2.06. The Bertz CT molecular complexity index is 614. The second-order valence-corrected chi connectivity index (χ2v) is 6.96. The van der Waals surface area contributed by atoms with Crippen molar-refractivity contribution < 1.29 is 8.42 Å². The van der Waals surface area contributed by atoms with E-state index in [1.807, 2.05) is 26.0 Å². The van der Waals surface area contributed by atoms with Crippen LogP contribution in [0.4, 0.5) is 0 Å². The minimum atomic E-state index is -3.39. The topological polar surface area (TPSA) is 59.1 Å². The molecule has 2 heterocycles. The maximum atomic E-state index is 11.9. The fraction of sp³-hybridized carbons (Fsp3) is 0.250. The Kier molecular flexibility index (Phi) is 3.79. The number of rotatable bonds is 4. The number of hydrogen-bond acceptors (Lipinski definition) is 4. The lowest BCUT2D eigenvalue weighted by atomic mass is 10.2. The van der Waals surface area contributed by atoms with Gasteiger partial charge in [-0.1, -0.05) is 6.07 Å². The highest BCUT2D eigenvalue weighted by atomic mass is 32.2. The molecule has 0 amide bonds. The molecule has 0 saturated heterocycles. The predicted octanol–water partition coefficient (Wildman–Crippen LogP) is 2.24. The number of pyridine rings is 1. The van der Waals surface area contributed by atoms with E-state index < -0.39 is 10.0 Å². The van der Waals surface area contributed by atoms with Gasteiger partial charge < -0.3 is 0 Å². The molecule has 0 aliphatic heterocycles. The Morgan fingerprint density at radius 3 is 2.50 bits per heavy atom. The lowest BCUT2D eigenvalue weighted by Crippen LogP contribution is -2.22. The van der Waals surface area contributed by atoms with Crippen LogP contribution in [0, 0.1) is 13.8 Å². The van der Waals surface area contributed by atoms with Gasteiger partial charge in [-0.3, -0.25) is 4.98 Å². The molecular formula is C12H14N2O2S2. The summed E-state index contributed by atoms with van der Waals surface area (Å²) in [5.74, 6) is 0. The van der Waals surface area contributed by atoms with E-state index in [1.165, 1.54) is 11.3 Å². The quantitative estimate of drug-likeness (QED) is 0.935. The molecule has 96 valence electrons. The number of hydrogen-bond donors (Lipinski definition) is 1. The number of sulfonamides is 1. The second-order valence-electron chi connectivity index (χ2n) is 4.01. The van der Waals surface area contributed by atoms with Crippen LogP contribution in [0.2, 0.25) is 0 Å². The van der Waals surface area contributed by atoms with E-state index in [0.717, 1.165) is 17.0 Å². The molecule has 2 aromatic rings. The van der Waals surface area contributed by atoms with Crippen molar-refractivity contribution in [2.75, 3.05) is 0 Å². The highest BCUT2D eigenvalue weighted by Crippen LogP contribution is 2.16. The molecule has 4 nitrogen and oxygen atoms in total. The van der Waals surface area contributed by atoms with Gasteiger partial charge >= 0.3 is 0 Å². The molecule has 0 fully saturated rings. The molecule has 0 bridgehead atoms. The van der Waals surface area contributed by atoms with Crippen LogP contribution in [-0.2, 0) is 16.6 Å². The smallest absolute Gasteiger partial charge is 0.250 e. The molecule has 18 heavy (non-hydrogen) atoms. The summed E-state index contributed by atoms with van der Waals surface area (Å²) in [5, 5.41) is 1.75. The Morgan fingerprint density at radius 2 is 1.94 bits per heavy atom. The molecule has 0 aliphatic rings. The van der Waals surface area contributed by atoms with E-state index in [4.69, 9.17) is 0 Å². The molecule has 0 unspecified atom stereocenters. The van der Waals surface area contributed by atoms with E-state index >= 15 is 0 Å². The number of aryl methyl sites for hydroxylation is 2. The van der Waals surface area contributed by atoms with Crippen LogP contribution < -0.4 is 4.72 Å². The molecule has 0 radical (unpaired) electrons. The SMILES string of the molecule is Cc1cc(CNS(=O)(=O)c2cccs2)cc(C)n1. The molecule has 6 heteroatoms. The van der Waals surface area contributed by atoms with E-state index in [9.17, 15) is 8.42 Å². The zero-order valence-corrected chi connectivity index (χ0v) is 11.8. The van der Waals surface area contributed by atoms with Crippen LogP contribution in [0.15, 0.2) is 33.9 Å². The van der Waals surface area contributed by atoms with E-state index in [2.05, 4.69) is 9.71 Å². The summed E-state index contributed by atoms with van der Waals surface area (Å²) in [4.78, 5) is 4.25. The van der Waals surface area contributed by atoms with Gasteiger partial charge in [0.25, 0.3) is 0 Å². The van der Waals surface area contributed by atoms with Crippen molar-refractivity contribution in [3.63, 3.8) is 0 Å². The van der Waals surface area contributed by atoms with E-state index in [1.54, 1.807) is 17.5 Å². The van der Waals surface area contributed by atoms with Crippen LogP contribution in [0.3, 0.4) is 0 Å². The summed E-state index contributed by atoms with van der Waals surface area (Å²) in [6.45, 7) is 4.07. The van der Waals surface area contributed by atoms with Gasteiger partial charge in [0.15, 0.2) is 0 Å². The van der Waals surface area contributed by atoms with E-state index in [0.29, 0.717) is 4.21 Å². The fourth-order valence-electron chi connectivity index (χ4n) is 1.69. The monoisotopic (exact) mass is 282 g/mol. The molecule has 2 aromatic heterocycles. The fourth-order valence-corrected chi connectivity index (χ4v) is 3.74. The molecule has 0 atom stereocenters. The summed E-state index contributed by atoms with van der Waals surface area (Å²) in [5.41, 5.74) is 2.70. The Balaban J connectivity index is 2.12. The first-order chi connectivity index (χ1) is 8.47. The average Bonchev–Trinajstić information content (AvgIpc) is 2.79. The summed E-state index contributed by atoms with van der Waals surface area (Å²) >= 11 is 1.21. The summed E-state index contributed by atoms with van der Waals surface area (Å²) < 4.78 is 26.8. The van der Waals surface area contributed by atoms with Gasteiger partial charge in [-0.15, -0.1) is 11.3 Å². The standard InChI is InChI=1S/C12H14N2O2S2/c1-9-6-11(7-10(2)14-9)8-13-18(15,16)12-4-3-5-17-12/h3-7,13H,8H2,1-2H3. The van der Waals surface area contributed by atoms with Gasteiger partial charge in [0, 0.05) is 17.9 Å². The molecule has 2 rings (SSSR count). The lowest BCUT2D eigenvalue weighted by molar-refractivity contribution is 0.583. The Morgan fingerprint density at radius 1 is 1.28 bits per heavy atom. The van der Waals surface area contributed by atoms with Gasteiger partial charge in [-0.25, -0.2) is 13.1 Å². The van der Waals surface area contributed by atoms with Crippen molar-refractivity contribution in [3.8, 4) is 0 Å². The third kappa shape index (κ3) is 3.16.